The maximum atomic E-state index is 13.6. The minimum absolute atomic E-state index is 0.0222. The van der Waals surface area contributed by atoms with E-state index in [-0.39, 0.29) is 49.5 Å². The van der Waals surface area contributed by atoms with Crippen LogP contribution in [0.4, 0.5) is 24.5 Å². The summed E-state index contributed by atoms with van der Waals surface area (Å²) < 4.78 is 52.3. The first-order valence-electron chi connectivity index (χ1n) is 18.1. The van der Waals surface area contributed by atoms with Gasteiger partial charge in [-0.2, -0.15) is 13.2 Å². The molecule has 0 saturated carbocycles. The summed E-state index contributed by atoms with van der Waals surface area (Å²) in [4.78, 5) is 71.1. The number of hydrogen-bond donors (Lipinski definition) is 1. The van der Waals surface area contributed by atoms with Gasteiger partial charge in [0.15, 0.2) is 0 Å². The van der Waals surface area contributed by atoms with Crippen LogP contribution >= 0.6 is 11.8 Å². The van der Waals surface area contributed by atoms with Crippen molar-refractivity contribution in [2.24, 2.45) is 0 Å². The highest BCUT2D eigenvalue weighted by atomic mass is 32.2. The van der Waals surface area contributed by atoms with Crippen molar-refractivity contribution >= 4 is 52.7 Å². The Kier molecular flexibility index (Phi) is 11.3. The Labute approximate surface area is 319 Å². The van der Waals surface area contributed by atoms with Gasteiger partial charge in [-0.3, -0.25) is 34.3 Å². The zero-order valence-electron chi connectivity index (χ0n) is 29.7. The lowest BCUT2D eigenvalue weighted by Gasteiger charge is -2.37. The van der Waals surface area contributed by atoms with Crippen molar-refractivity contribution in [3.8, 4) is 5.75 Å². The molecular weight excluding hydrogens is 740 g/mol. The zero-order valence-corrected chi connectivity index (χ0v) is 30.5. The van der Waals surface area contributed by atoms with Crippen molar-refractivity contribution in [2.75, 3.05) is 64.0 Å². The Morgan fingerprint density at radius 2 is 1.65 bits per heavy atom. The number of halogens is 3. The molecule has 16 heteroatoms. The van der Waals surface area contributed by atoms with Crippen LogP contribution in [0.5, 0.6) is 5.75 Å². The van der Waals surface area contributed by atoms with Crippen molar-refractivity contribution in [3.05, 3.63) is 83.1 Å². The molecule has 0 radical (unpaired) electrons. The number of imide groups is 2. The van der Waals surface area contributed by atoms with E-state index in [4.69, 9.17) is 9.47 Å². The lowest BCUT2D eigenvalue weighted by Crippen LogP contribution is -2.54. The number of nitrogens with zero attached hydrogens (tertiary/aromatic N) is 4. The number of ether oxygens (including phenoxy) is 2. The van der Waals surface area contributed by atoms with Crippen LogP contribution in [-0.4, -0.2) is 109 Å². The Morgan fingerprint density at radius 1 is 0.873 bits per heavy atom. The summed E-state index contributed by atoms with van der Waals surface area (Å²) in [6.45, 7) is 4.40. The van der Waals surface area contributed by atoms with Crippen molar-refractivity contribution < 1.29 is 46.6 Å². The van der Waals surface area contributed by atoms with E-state index in [1.807, 2.05) is 34.1 Å². The average molecular weight is 778 g/mol. The molecule has 3 aromatic rings. The second-order valence-electron chi connectivity index (χ2n) is 13.5. The van der Waals surface area contributed by atoms with Crippen LogP contribution in [0.25, 0.3) is 0 Å². The molecule has 1 atom stereocenters. The molecule has 1 N–H and O–H groups in total. The second-order valence-corrected chi connectivity index (χ2v) is 14.6. The molecule has 4 heterocycles. The van der Waals surface area contributed by atoms with Gasteiger partial charge < -0.3 is 19.3 Å². The molecule has 0 spiro atoms. The fourth-order valence-electron chi connectivity index (χ4n) is 7.30. The number of carbonyl (C=O) groups excluding carboxylic acids is 5. The molecule has 288 valence electrons. The second kappa shape index (κ2) is 16.3. The first-order valence-corrected chi connectivity index (χ1v) is 18.9. The van der Waals surface area contributed by atoms with Crippen LogP contribution in [0.15, 0.2) is 76.2 Å². The smallest absolute Gasteiger partial charge is 0.416 e. The molecule has 0 aliphatic carbocycles. The third-order valence-corrected chi connectivity index (χ3v) is 11.2. The summed E-state index contributed by atoms with van der Waals surface area (Å²) in [6.07, 6.45) is -3.29. The van der Waals surface area contributed by atoms with E-state index in [0.717, 1.165) is 39.4 Å². The van der Waals surface area contributed by atoms with Gasteiger partial charge in [0.1, 0.15) is 30.0 Å². The van der Waals surface area contributed by atoms with E-state index in [1.54, 1.807) is 18.2 Å². The number of carbonyl (C=O) groups is 4. The van der Waals surface area contributed by atoms with E-state index in [9.17, 15) is 37.1 Å². The largest absolute Gasteiger partial charge is 0.490 e. The zero-order chi connectivity index (χ0) is 38.7. The highest BCUT2D eigenvalue weighted by Crippen LogP contribution is 2.49. The Hall–Kier alpha value is -5.15. The minimum Gasteiger partial charge on any atom is -0.490 e. The third kappa shape index (κ3) is 8.13. The summed E-state index contributed by atoms with van der Waals surface area (Å²) in [5.41, 5.74) is 1.47. The monoisotopic (exact) mass is 777 g/mol. The average Bonchev–Trinajstić information content (AvgIpc) is 3.43. The number of rotatable bonds is 13. The van der Waals surface area contributed by atoms with Crippen molar-refractivity contribution in [2.45, 2.75) is 47.7 Å². The number of piperidine rings is 1. The number of para-hydroxylation sites is 1. The Balaban J connectivity index is 0.843. The standard InChI is InChI=1S/C39H38F3N5O7S/c40-39(41,42)25-9-11-33-30(23-25)46(28-6-1-2-8-32(28)55-33)15-4-14-44-16-18-45(19-17-44)26(24-48)13-20-53-21-22-54-31-7-3-5-27-35(31)38(52)47(37(27)51)29-10-12-34(49)43-36(29)50/h1-3,5-9,11,23,29H,4,10,12-22H2,(H,43,49,50). The minimum atomic E-state index is -4.43. The van der Waals surface area contributed by atoms with Crippen LogP contribution < -0.4 is 15.0 Å². The quantitative estimate of drug-likeness (QED) is 0.144. The van der Waals surface area contributed by atoms with Crippen molar-refractivity contribution in [3.63, 3.8) is 0 Å². The van der Waals surface area contributed by atoms with Gasteiger partial charge in [0.25, 0.3) is 11.8 Å². The molecule has 4 amide bonds. The molecule has 4 aliphatic heterocycles. The first-order chi connectivity index (χ1) is 26.5. The normalized spacial score (nSPS) is 18.5. The predicted octanol–water partition coefficient (Wildman–Crippen LogP) is 4.92. The topological polar surface area (TPSA) is 129 Å². The highest BCUT2D eigenvalue weighted by Gasteiger charge is 2.46. The molecule has 2 saturated heterocycles. The number of anilines is 2. The van der Waals surface area contributed by atoms with Crippen LogP contribution in [0.1, 0.15) is 52.0 Å². The van der Waals surface area contributed by atoms with Gasteiger partial charge in [0.05, 0.1) is 41.3 Å². The summed E-state index contributed by atoms with van der Waals surface area (Å²) >= 11 is 1.47. The van der Waals surface area contributed by atoms with Gasteiger partial charge in [0.2, 0.25) is 11.8 Å². The van der Waals surface area contributed by atoms with E-state index in [0.29, 0.717) is 50.5 Å². The number of amides is 4. The van der Waals surface area contributed by atoms with Gasteiger partial charge in [0, 0.05) is 55.4 Å². The highest BCUT2D eigenvalue weighted by molar-refractivity contribution is 7.99. The van der Waals surface area contributed by atoms with Gasteiger partial charge in [-0.25, -0.2) is 4.79 Å². The molecule has 0 aromatic heterocycles. The van der Waals surface area contributed by atoms with Gasteiger partial charge in [-0.05, 0) is 61.9 Å². The van der Waals surface area contributed by atoms with Crippen LogP contribution in [0.2, 0.25) is 0 Å². The number of alkyl halides is 3. The number of benzene rings is 3. The number of nitrogens with one attached hydrogen (secondary N) is 1. The maximum Gasteiger partial charge on any atom is 0.416 e. The lowest BCUT2D eigenvalue weighted by atomic mass is 10.0. The number of piperazine rings is 1. The molecule has 2 fully saturated rings. The SMILES string of the molecule is O=C=C(CCOCCOc1cccc2c1C(=O)N(C1CCC(=O)NC1=O)C2=O)N1CCN(CCCN2c3ccccc3Sc3ccc(C(F)(F)F)cc32)CC1. The van der Waals surface area contributed by atoms with E-state index >= 15 is 0 Å². The molecule has 55 heavy (non-hydrogen) atoms. The summed E-state index contributed by atoms with van der Waals surface area (Å²) in [5, 5.41) is 2.18. The number of hydrogen-bond acceptors (Lipinski definition) is 11. The fraction of sp³-hybridized carbons (Fsp3) is 0.385. The molecule has 1 unspecified atom stereocenters. The predicted molar refractivity (Wildman–Crippen MR) is 195 cm³/mol. The van der Waals surface area contributed by atoms with Gasteiger partial charge in [-0.15, -0.1) is 0 Å². The Morgan fingerprint density at radius 3 is 2.42 bits per heavy atom. The molecule has 0 bridgehead atoms. The molecule has 12 nitrogen and oxygen atoms in total. The van der Waals surface area contributed by atoms with Crippen LogP contribution in [0.3, 0.4) is 0 Å². The van der Waals surface area contributed by atoms with E-state index < -0.39 is 41.4 Å². The van der Waals surface area contributed by atoms with E-state index in [1.165, 1.54) is 23.9 Å². The summed E-state index contributed by atoms with van der Waals surface area (Å²) in [7, 11) is 0. The molecular formula is C39H38F3N5O7S. The van der Waals surface area contributed by atoms with Crippen molar-refractivity contribution in [1.29, 1.82) is 0 Å². The maximum absolute atomic E-state index is 13.6. The summed E-state index contributed by atoms with van der Waals surface area (Å²) in [6, 6.07) is 15.2. The van der Waals surface area contributed by atoms with Gasteiger partial charge >= 0.3 is 6.18 Å². The Bertz CT molecular complexity index is 2050. The first kappa shape index (κ1) is 38.1. The molecule has 4 aliphatic rings. The van der Waals surface area contributed by atoms with Crippen molar-refractivity contribution in [1.82, 2.24) is 20.0 Å². The molecule has 3 aromatic carbocycles. The molecule has 7 rings (SSSR count). The fourth-order valence-corrected chi connectivity index (χ4v) is 8.38. The van der Waals surface area contributed by atoms with Gasteiger partial charge in [-0.1, -0.05) is 30.0 Å². The van der Waals surface area contributed by atoms with E-state index in [2.05, 4.69) is 16.2 Å². The number of fused-ring (bicyclic) bond motifs is 3. The van der Waals surface area contributed by atoms with Crippen LogP contribution in [-0.2, 0) is 25.3 Å². The summed E-state index contributed by atoms with van der Waals surface area (Å²) in [5.74, 6) is -0.190. The lowest BCUT2D eigenvalue weighted by molar-refractivity contribution is -0.138. The third-order valence-electron chi connectivity index (χ3n) is 10.1. The van der Waals surface area contributed by atoms with Crippen LogP contribution in [0, 0.1) is 0 Å².